The predicted molar refractivity (Wildman–Crippen MR) is 138 cm³/mol. The lowest BCUT2D eigenvalue weighted by atomic mass is 9.89. The molecule has 1 N–H and O–H groups in total. The number of aromatic nitrogens is 1. The summed E-state index contributed by atoms with van der Waals surface area (Å²) in [6.45, 7) is 1.78. The van der Waals surface area contributed by atoms with Crippen LogP contribution in [0.15, 0.2) is 53.9 Å². The molecule has 0 saturated carbocycles. The van der Waals surface area contributed by atoms with Gasteiger partial charge in [0.1, 0.15) is 0 Å². The van der Waals surface area contributed by atoms with E-state index in [1.54, 1.807) is 5.38 Å². The Morgan fingerprint density at radius 1 is 1.03 bits per heavy atom. The minimum absolute atomic E-state index is 0.0626. The summed E-state index contributed by atoms with van der Waals surface area (Å²) in [7, 11) is 5.76. The van der Waals surface area contributed by atoms with E-state index in [4.69, 9.17) is 7.85 Å². The van der Waals surface area contributed by atoms with E-state index in [9.17, 15) is 31.1 Å². The van der Waals surface area contributed by atoms with E-state index in [1.165, 1.54) is 5.56 Å². The van der Waals surface area contributed by atoms with Crippen LogP contribution in [0.3, 0.4) is 0 Å². The SMILES string of the molecule is [B]c1nc(C(CCN2CCC(c3ccccc3)CC2)C(=O)NCc2cc(C(F)(F)F)cc(C(F)(F)F)c2)cs1. The molecule has 1 unspecified atom stereocenters. The Hall–Kier alpha value is -2.86. The number of nitrogens with zero attached hydrogens (tertiary/aromatic N) is 2. The van der Waals surface area contributed by atoms with Crippen molar-refractivity contribution in [2.24, 2.45) is 0 Å². The van der Waals surface area contributed by atoms with E-state index >= 15 is 0 Å². The second-order valence-corrected chi connectivity index (χ2v) is 10.5. The van der Waals surface area contributed by atoms with Crippen LogP contribution >= 0.6 is 11.3 Å². The monoisotopic (exact) mass is 565 g/mol. The zero-order chi connectivity index (χ0) is 28.2. The molecule has 0 aliphatic carbocycles. The van der Waals surface area contributed by atoms with Gasteiger partial charge in [-0.3, -0.25) is 9.78 Å². The first-order valence-corrected chi connectivity index (χ1v) is 13.3. The van der Waals surface area contributed by atoms with Gasteiger partial charge in [-0.1, -0.05) is 30.3 Å². The molecule has 1 amide bonds. The summed E-state index contributed by atoms with van der Waals surface area (Å²) in [4.78, 5) is 19.9. The summed E-state index contributed by atoms with van der Waals surface area (Å²) in [5, 5.41) is 4.16. The van der Waals surface area contributed by atoms with Crippen molar-refractivity contribution in [3.8, 4) is 0 Å². The number of piperidine rings is 1. The number of carbonyl (C=O) groups is 1. The van der Waals surface area contributed by atoms with Gasteiger partial charge in [0.25, 0.3) is 0 Å². The number of hydrogen-bond acceptors (Lipinski definition) is 4. The van der Waals surface area contributed by atoms with Crippen molar-refractivity contribution in [2.75, 3.05) is 19.6 Å². The maximum Gasteiger partial charge on any atom is 0.416 e. The highest BCUT2D eigenvalue weighted by molar-refractivity contribution is 7.17. The van der Waals surface area contributed by atoms with Crippen LogP contribution in [-0.2, 0) is 23.7 Å². The van der Waals surface area contributed by atoms with Gasteiger partial charge in [-0.05, 0) is 74.1 Å². The van der Waals surface area contributed by atoms with Crippen LogP contribution in [0.2, 0.25) is 0 Å². The first kappa shape index (κ1) is 29.1. The van der Waals surface area contributed by atoms with Crippen LogP contribution in [0.1, 0.15) is 59.0 Å². The summed E-state index contributed by atoms with van der Waals surface area (Å²) in [5.41, 5.74) is -1.43. The highest BCUT2D eigenvalue weighted by atomic mass is 32.1. The molecular formula is C27H26BF6N3OS. The highest BCUT2D eigenvalue weighted by Gasteiger charge is 2.37. The van der Waals surface area contributed by atoms with Gasteiger partial charge >= 0.3 is 12.4 Å². The minimum atomic E-state index is -4.96. The molecule has 1 aromatic heterocycles. The molecule has 4 rings (SSSR count). The molecular weight excluding hydrogens is 539 g/mol. The normalized spacial score (nSPS) is 16.3. The van der Waals surface area contributed by atoms with E-state index in [0.717, 1.165) is 37.3 Å². The summed E-state index contributed by atoms with van der Waals surface area (Å²) in [6, 6.07) is 11.6. The second kappa shape index (κ2) is 12.1. The molecule has 2 aromatic carbocycles. The van der Waals surface area contributed by atoms with Crippen molar-refractivity contribution in [3.05, 3.63) is 81.9 Å². The summed E-state index contributed by atoms with van der Waals surface area (Å²) < 4.78 is 79.2. The quantitative estimate of drug-likeness (QED) is 0.284. The number of hydrogen-bond donors (Lipinski definition) is 1. The lowest BCUT2D eigenvalue weighted by Crippen LogP contribution is -2.36. The number of nitrogens with one attached hydrogen (secondary N) is 1. The molecule has 1 aliphatic rings. The molecule has 1 aliphatic heterocycles. The standard InChI is InChI=1S/C27H26BF6N3OS/c28-25-36-23(16-39-25)22(8-11-37-9-6-19(7-10-37)18-4-2-1-3-5-18)24(38)35-15-17-12-20(26(29,30)31)14-21(13-17)27(32,33)34/h1-5,12-14,16,19,22H,6-11,15H2,(H,35,38). The third kappa shape index (κ3) is 7.85. The van der Waals surface area contributed by atoms with Crippen LogP contribution in [-0.4, -0.2) is 43.3 Å². The molecule has 4 nitrogen and oxygen atoms in total. The van der Waals surface area contributed by atoms with Crippen molar-refractivity contribution >= 4 is 30.0 Å². The zero-order valence-corrected chi connectivity index (χ0v) is 21.7. The molecule has 0 spiro atoms. The average molecular weight is 565 g/mol. The van der Waals surface area contributed by atoms with Gasteiger partial charge in [0, 0.05) is 16.8 Å². The van der Waals surface area contributed by atoms with Gasteiger partial charge in [-0.15, -0.1) is 11.3 Å². The van der Waals surface area contributed by atoms with Gasteiger partial charge in [0.15, 0.2) is 7.85 Å². The number of thiazole rings is 1. The van der Waals surface area contributed by atoms with Crippen LogP contribution in [0.4, 0.5) is 26.3 Å². The molecule has 2 radical (unpaired) electrons. The fraction of sp³-hybridized carbons (Fsp3) is 0.407. The first-order valence-electron chi connectivity index (χ1n) is 12.4. The minimum Gasteiger partial charge on any atom is -0.351 e. The van der Waals surface area contributed by atoms with Gasteiger partial charge in [0.2, 0.25) is 5.91 Å². The first-order chi connectivity index (χ1) is 18.4. The van der Waals surface area contributed by atoms with E-state index in [1.807, 2.05) is 18.2 Å². The molecule has 12 heteroatoms. The van der Waals surface area contributed by atoms with Crippen molar-refractivity contribution in [1.82, 2.24) is 15.2 Å². The lowest BCUT2D eigenvalue weighted by Gasteiger charge is -2.32. The van der Waals surface area contributed by atoms with Crippen molar-refractivity contribution < 1.29 is 31.1 Å². The number of carbonyl (C=O) groups excluding carboxylic acids is 1. The Bertz CT molecular complexity index is 1220. The number of alkyl halides is 6. The van der Waals surface area contributed by atoms with E-state index < -0.39 is 41.8 Å². The Balaban J connectivity index is 1.41. The van der Waals surface area contributed by atoms with Crippen LogP contribution in [0, 0.1) is 0 Å². The van der Waals surface area contributed by atoms with Crippen LogP contribution in [0.5, 0.6) is 0 Å². The van der Waals surface area contributed by atoms with E-state index in [0.29, 0.717) is 36.7 Å². The Morgan fingerprint density at radius 2 is 1.64 bits per heavy atom. The zero-order valence-electron chi connectivity index (χ0n) is 20.9. The highest BCUT2D eigenvalue weighted by Crippen LogP contribution is 2.36. The van der Waals surface area contributed by atoms with Crippen molar-refractivity contribution in [2.45, 2.75) is 50.0 Å². The topological polar surface area (TPSA) is 45.2 Å². The lowest BCUT2D eigenvalue weighted by molar-refractivity contribution is -0.143. The number of rotatable bonds is 8. The third-order valence-electron chi connectivity index (χ3n) is 6.92. The molecule has 2 heterocycles. The second-order valence-electron chi connectivity index (χ2n) is 9.61. The molecule has 1 fully saturated rings. The summed E-state index contributed by atoms with van der Waals surface area (Å²) in [6.07, 6.45) is -7.60. The maximum atomic E-state index is 13.2. The third-order valence-corrected chi connectivity index (χ3v) is 7.61. The van der Waals surface area contributed by atoms with Crippen LogP contribution < -0.4 is 10.2 Å². The Morgan fingerprint density at radius 3 is 2.18 bits per heavy atom. The van der Waals surface area contributed by atoms with E-state index in [-0.39, 0.29) is 16.5 Å². The number of amides is 1. The Kier molecular flexibility index (Phi) is 9.05. The predicted octanol–water partition coefficient (Wildman–Crippen LogP) is 5.64. The fourth-order valence-electron chi connectivity index (χ4n) is 4.83. The summed E-state index contributed by atoms with van der Waals surface area (Å²) >= 11 is 1.16. The fourth-order valence-corrected chi connectivity index (χ4v) is 5.45. The molecule has 206 valence electrons. The molecule has 1 atom stereocenters. The van der Waals surface area contributed by atoms with Gasteiger partial charge in [0.05, 0.1) is 22.7 Å². The van der Waals surface area contributed by atoms with Crippen LogP contribution in [0.25, 0.3) is 0 Å². The van der Waals surface area contributed by atoms with Gasteiger partial charge in [-0.25, -0.2) is 0 Å². The summed E-state index contributed by atoms with van der Waals surface area (Å²) in [5.74, 6) is -0.822. The Labute approximate surface area is 227 Å². The molecule has 3 aromatic rings. The number of benzene rings is 2. The molecule has 39 heavy (non-hydrogen) atoms. The smallest absolute Gasteiger partial charge is 0.351 e. The number of likely N-dealkylation sites (tertiary alicyclic amines) is 1. The maximum absolute atomic E-state index is 13.2. The molecule has 1 saturated heterocycles. The number of halogens is 6. The largest absolute Gasteiger partial charge is 0.416 e. The van der Waals surface area contributed by atoms with Gasteiger partial charge < -0.3 is 10.2 Å². The molecule has 0 bridgehead atoms. The van der Waals surface area contributed by atoms with Gasteiger partial charge in [-0.2, -0.15) is 26.3 Å². The van der Waals surface area contributed by atoms with E-state index in [2.05, 4.69) is 27.3 Å². The van der Waals surface area contributed by atoms with Crippen molar-refractivity contribution in [3.63, 3.8) is 0 Å². The average Bonchev–Trinajstić information content (AvgIpc) is 3.33. The van der Waals surface area contributed by atoms with Crippen molar-refractivity contribution in [1.29, 1.82) is 0 Å².